The van der Waals surface area contributed by atoms with Crippen LogP contribution in [0.5, 0.6) is 0 Å². The van der Waals surface area contributed by atoms with Crippen molar-refractivity contribution in [2.24, 2.45) is 0 Å². The molecule has 1 aliphatic rings. The summed E-state index contributed by atoms with van der Waals surface area (Å²) in [5.41, 5.74) is 2.02. The Morgan fingerprint density at radius 1 is 1.53 bits per heavy atom. The third kappa shape index (κ3) is 2.90. The predicted octanol–water partition coefficient (Wildman–Crippen LogP) is 3.36. The first-order valence-corrected chi connectivity index (χ1v) is 7.17. The normalized spacial score (nSPS) is 33.6. The highest BCUT2D eigenvalue weighted by atomic mass is 79.9. The van der Waals surface area contributed by atoms with Crippen LogP contribution in [-0.2, 0) is 15.7 Å². The number of halogens is 1. The smallest absolute Gasteiger partial charge is 0.0931 e. The third-order valence-electron chi connectivity index (χ3n) is 3.38. The van der Waals surface area contributed by atoms with Crippen molar-refractivity contribution in [1.29, 1.82) is 0 Å². The van der Waals surface area contributed by atoms with Crippen LogP contribution in [0.4, 0.5) is 0 Å². The molecule has 1 aromatic carbocycles. The zero-order valence-corrected chi connectivity index (χ0v) is 11.9. The van der Waals surface area contributed by atoms with E-state index in [4.69, 9.17) is 4.74 Å². The molecule has 0 aromatic heterocycles. The summed E-state index contributed by atoms with van der Waals surface area (Å²) in [5, 5.41) is 10.8. The van der Waals surface area contributed by atoms with Crippen LogP contribution in [0, 0.1) is 0 Å². The molecule has 94 valence electrons. The highest BCUT2D eigenvalue weighted by Crippen LogP contribution is 2.37. The van der Waals surface area contributed by atoms with E-state index < -0.39 is 0 Å². The number of hydrogen-bond donors (Lipinski definition) is 1. The van der Waals surface area contributed by atoms with Gasteiger partial charge in [-0.25, -0.2) is 0 Å². The van der Waals surface area contributed by atoms with Crippen molar-refractivity contribution < 1.29 is 9.84 Å². The minimum absolute atomic E-state index is 0.108. The number of aliphatic hydroxyl groups is 1. The molecule has 0 radical (unpaired) electrons. The number of alkyl halides is 1. The van der Waals surface area contributed by atoms with Crippen LogP contribution in [0.1, 0.15) is 37.8 Å². The van der Waals surface area contributed by atoms with Gasteiger partial charge in [0, 0.05) is 11.8 Å². The molecule has 17 heavy (non-hydrogen) atoms. The summed E-state index contributed by atoms with van der Waals surface area (Å²) < 4.78 is 6.05. The van der Waals surface area contributed by atoms with Gasteiger partial charge in [0.05, 0.1) is 17.8 Å². The number of hydrogen-bond acceptors (Lipinski definition) is 2. The molecule has 1 aromatic rings. The van der Waals surface area contributed by atoms with Gasteiger partial charge in [0.25, 0.3) is 0 Å². The van der Waals surface area contributed by atoms with Gasteiger partial charge in [-0.2, -0.15) is 0 Å². The van der Waals surface area contributed by atoms with Crippen molar-refractivity contribution in [3.63, 3.8) is 0 Å². The molecule has 3 heteroatoms. The second-order valence-corrected chi connectivity index (χ2v) is 5.65. The van der Waals surface area contributed by atoms with Crippen molar-refractivity contribution in [1.82, 2.24) is 0 Å². The summed E-state index contributed by atoms with van der Waals surface area (Å²) in [5.74, 6) is 0. The van der Waals surface area contributed by atoms with Crippen LogP contribution in [0.2, 0.25) is 0 Å². The Hall–Kier alpha value is -0.380. The number of rotatable bonds is 2. The molecule has 0 amide bonds. The maximum atomic E-state index is 9.91. The topological polar surface area (TPSA) is 29.5 Å². The minimum atomic E-state index is -0.366. The molecule has 2 nitrogen and oxygen atoms in total. The molecule has 1 N–H and O–H groups in total. The van der Waals surface area contributed by atoms with Crippen LogP contribution in [0.3, 0.4) is 0 Å². The maximum Gasteiger partial charge on any atom is 0.0931 e. The monoisotopic (exact) mass is 298 g/mol. The third-order valence-corrected chi connectivity index (χ3v) is 4.03. The lowest BCUT2D eigenvalue weighted by Crippen LogP contribution is -2.41. The minimum Gasteiger partial charge on any atom is -0.393 e. The van der Waals surface area contributed by atoms with E-state index in [1.165, 1.54) is 5.56 Å². The van der Waals surface area contributed by atoms with Crippen LogP contribution >= 0.6 is 15.9 Å². The number of aliphatic hydroxyl groups excluding tert-OH is 1. The zero-order valence-electron chi connectivity index (χ0n) is 10.3. The Morgan fingerprint density at radius 3 is 2.94 bits per heavy atom. The molecule has 1 heterocycles. The molecular weight excluding hydrogens is 280 g/mol. The molecule has 0 bridgehead atoms. The Bertz CT molecular complexity index is 382. The Balaban J connectivity index is 2.29. The van der Waals surface area contributed by atoms with Crippen molar-refractivity contribution in [3.05, 3.63) is 35.4 Å². The van der Waals surface area contributed by atoms with E-state index in [1.807, 2.05) is 13.0 Å². The predicted molar refractivity (Wildman–Crippen MR) is 72.2 cm³/mol. The van der Waals surface area contributed by atoms with Crippen LogP contribution in [0.25, 0.3) is 0 Å². The van der Waals surface area contributed by atoms with Crippen molar-refractivity contribution in [2.75, 3.05) is 0 Å². The lowest BCUT2D eigenvalue weighted by Gasteiger charge is -2.40. The molecular formula is C14H19BrO2. The summed E-state index contributed by atoms with van der Waals surface area (Å²) >= 11 is 3.47. The van der Waals surface area contributed by atoms with E-state index in [-0.39, 0.29) is 17.8 Å². The SMILES string of the molecule is CC1C[C@@H](O)CC(C)(c2cccc(CBr)c2)O1. The summed E-state index contributed by atoms with van der Waals surface area (Å²) in [6, 6.07) is 8.37. The number of ether oxygens (including phenoxy) is 1. The fourth-order valence-corrected chi connectivity index (χ4v) is 2.97. The van der Waals surface area contributed by atoms with Gasteiger partial charge in [-0.3, -0.25) is 0 Å². The van der Waals surface area contributed by atoms with Gasteiger partial charge in [0.1, 0.15) is 0 Å². The molecule has 0 spiro atoms. The second kappa shape index (κ2) is 5.09. The standard InChI is InChI=1S/C14H19BrO2/c1-10-6-13(16)8-14(2,17-10)12-5-3-4-11(7-12)9-15/h3-5,7,10,13,16H,6,8-9H2,1-2H3/t10?,13-,14?/m1/s1. The average molecular weight is 299 g/mol. The lowest BCUT2D eigenvalue weighted by molar-refractivity contribution is -0.151. The fraction of sp³-hybridized carbons (Fsp3) is 0.571. The quantitative estimate of drug-likeness (QED) is 0.849. The van der Waals surface area contributed by atoms with Gasteiger partial charge >= 0.3 is 0 Å². The van der Waals surface area contributed by atoms with Crippen molar-refractivity contribution >= 4 is 15.9 Å². The van der Waals surface area contributed by atoms with Crippen LogP contribution < -0.4 is 0 Å². The van der Waals surface area contributed by atoms with Gasteiger partial charge < -0.3 is 9.84 Å². The van der Waals surface area contributed by atoms with E-state index in [1.54, 1.807) is 0 Å². The number of benzene rings is 1. The lowest BCUT2D eigenvalue weighted by atomic mass is 9.85. The molecule has 0 saturated carbocycles. The molecule has 0 aliphatic carbocycles. The van der Waals surface area contributed by atoms with E-state index in [0.29, 0.717) is 6.42 Å². The van der Waals surface area contributed by atoms with E-state index in [9.17, 15) is 5.11 Å². The summed E-state index contributed by atoms with van der Waals surface area (Å²) in [6.07, 6.45) is 1.24. The first-order valence-electron chi connectivity index (χ1n) is 6.05. The summed E-state index contributed by atoms with van der Waals surface area (Å²) in [4.78, 5) is 0. The summed E-state index contributed by atoms with van der Waals surface area (Å²) in [7, 11) is 0. The molecule has 1 fully saturated rings. The van der Waals surface area contributed by atoms with Crippen LogP contribution in [0.15, 0.2) is 24.3 Å². The van der Waals surface area contributed by atoms with Gasteiger partial charge in [-0.1, -0.05) is 40.2 Å². The maximum absolute atomic E-state index is 9.91. The highest BCUT2D eigenvalue weighted by Gasteiger charge is 2.37. The highest BCUT2D eigenvalue weighted by molar-refractivity contribution is 9.08. The second-order valence-electron chi connectivity index (χ2n) is 5.09. The fourth-order valence-electron chi connectivity index (χ4n) is 2.63. The average Bonchev–Trinajstić information content (AvgIpc) is 2.27. The largest absolute Gasteiger partial charge is 0.393 e. The van der Waals surface area contributed by atoms with E-state index >= 15 is 0 Å². The van der Waals surface area contributed by atoms with Gasteiger partial charge in [-0.05, 0) is 31.4 Å². The van der Waals surface area contributed by atoms with Gasteiger partial charge in [-0.15, -0.1) is 0 Å². The van der Waals surface area contributed by atoms with Gasteiger partial charge in [0.15, 0.2) is 0 Å². The molecule has 1 saturated heterocycles. The zero-order chi connectivity index (χ0) is 12.5. The van der Waals surface area contributed by atoms with E-state index in [0.717, 1.165) is 17.3 Å². The molecule has 2 rings (SSSR count). The molecule has 3 atom stereocenters. The Morgan fingerprint density at radius 2 is 2.29 bits per heavy atom. The Kier molecular flexibility index (Phi) is 3.91. The van der Waals surface area contributed by atoms with Crippen LogP contribution in [-0.4, -0.2) is 17.3 Å². The first kappa shape index (κ1) is 13.1. The first-order chi connectivity index (χ1) is 8.03. The summed E-state index contributed by atoms with van der Waals surface area (Å²) in [6.45, 7) is 4.09. The van der Waals surface area contributed by atoms with Crippen molar-refractivity contribution in [3.8, 4) is 0 Å². The molecule has 2 unspecified atom stereocenters. The van der Waals surface area contributed by atoms with Crippen molar-refractivity contribution in [2.45, 2.75) is 49.8 Å². The van der Waals surface area contributed by atoms with Gasteiger partial charge in [0.2, 0.25) is 0 Å². The Labute approximate surface area is 111 Å². The van der Waals surface area contributed by atoms with E-state index in [2.05, 4.69) is 41.1 Å². The molecule has 1 aliphatic heterocycles.